The number of carboxylic acids is 1. The minimum atomic E-state index is -0.981. The molecule has 2 aromatic carbocycles. The van der Waals surface area contributed by atoms with Crippen LogP contribution in [0.2, 0.25) is 0 Å². The first kappa shape index (κ1) is 13.4. The van der Waals surface area contributed by atoms with E-state index in [-0.39, 0.29) is 0 Å². The van der Waals surface area contributed by atoms with Gasteiger partial charge in [0.15, 0.2) is 0 Å². The van der Waals surface area contributed by atoms with Crippen molar-refractivity contribution in [2.45, 2.75) is 18.6 Å². The van der Waals surface area contributed by atoms with E-state index < -0.39 is 18.1 Å². The molecule has 0 radical (unpaired) electrons. The summed E-state index contributed by atoms with van der Waals surface area (Å²) in [4.78, 5) is 15.9. The number of carbonyl (C=O) groups is 1. The third-order valence-corrected chi connectivity index (χ3v) is 3.42. The van der Waals surface area contributed by atoms with E-state index in [1.165, 1.54) is 0 Å². The number of ether oxygens (including phenoxy) is 1. The lowest BCUT2D eigenvalue weighted by atomic mass is 10.0. The van der Waals surface area contributed by atoms with Gasteiger partial charge in [0.25, 0.3) is 0 Å². The van der Waals surface area contributed by atoms with Gasteiger partial charge in [-0.15, -0.1) is 0 Å². The summed E-state index contributed by atoms with van der Waals surface area (Å²) in [7, 11) is 0. The fourth-order valence-electron chi connectivity index (χ4n) is 2.39. The topological polar surface area (TPSA) is 58.9 Å². The van der Waals surface area contributed by atoms with Gasteiger partial charge in [0.1, 0.15) is 6.04 Å². The van der Waals surface area contributed by atoms with Crippen molar-refractivity contribution < 1.29 is 14.6 Å². The van der Waals surface area contributed by atoms with Gasteiger partial charge in [0.05, 0.1) is 0 Å². The van der Waals surface area contributed by atoms with Gasteiger partial charge in [-0.25, -0.2) is 9.79 Å². The van der Waals surface area contributed by atoms with Crippen molar-refractivity contribution in [2.75, 3.05) is 0 Å². The van der Waals surface area contributed by atoms with Gasteiger partial charge in [-0.3, -0.25) is 0 Å². The van der Waals surface area contributed by atoms with E-state index >= 15 is 0 Å². The van der Waals surface area contributed by atoms with Gasteiger partial charge in [-0.1, -0.05) is 48.5 Å². The molecule has 21 heavy (non-hydrogen) atoms. The Kier molecular flexibility index (Phi) is 3.69. The second-order valence-corrected chi connectivity index (χ2v) is 4.93. The number of carboxylic acid groups (broad SMARTS) is 1. The van der Waals surface area contributed by atoms with Gasteiger partial charge in [-0.05, 0) is 24.1 Å². The largest absolute Gasteiger partial charge is 0.478 e. The van der Waals surface area contributed by atoms with Crippen molar-refractivity contribution in [3.05, 3.63) is 71.8 Å². The number of aliphatic carboxylic acids is 1. The molecule has 2 aromatic rings. The van der Waals surface area contributed by atoms with Crippen LogP contribution in [0.1, 0.15) is 11.1 Å². The monoisotopic (exact) mass is 281 g/mol. The summed E-state index contributed by atoms with van der Waals surface area (Å²) in [5.41, 5.74) is 1.86. The molecular weight excluding hydrogens is 266 g/mol. The molecule has 1 aliphatic rings. The second kappa shape index (κ2) is 5.79. The number of hydrogen-bond acceptors (Lipinski definition) is 3. The van der Waals surface area contributed by atoms with Crippen molar-refractivity contribution in [1.29, 1.82) is 0 Å². The molecule has 4 heteroatoms. The summed E-state index contributed by atoms with van der Waals surface area (Å²) in [6, 6.07) is 18.7. The van der Waals surface area contributed by atoms with Crippen LogP contribution in [-0.4, -0.2) is 29.1 Å². The molecule has 0 aliphatic carbocycles. The highest BCUT2D eigenvalue weighted by atomic mass is 16.5. The van der Waals surface area contributed by atoms with Crippen LogP contribution >= 0.6 is 0 Å². The van der Waals surface area contributed by atoms with Crippen LogP contribution < -0.4 is 0 Å². The van der Waals surface area contributed by atoms with E-state index in [0.29, 0.717) is 12.3 Å². The van der Waals surface area contributed by atoms with Crippen molar-refractivity contribution >= 4 is 11.9 Å². The van der Waals surface area contributed by atoms with Gasteiger partial charge in [-0.2, -0.15) is 0 Å². The Morgan fingerprint density at radius 1 is 1.05 bits per heavy atom. The average Bonchev–Trinajstić information content (AvgIpc) is 2.93. The SMILES string of the molecule is O=C(O)C1OC(c2ccccc2)=N[C@H]1Cc1ccccc1. The minimum Gasteiger partial charge on any atom is -0.478 e. The molecule has 1 N–H and O–H groups in total. The number of hydrogen-bond donors (Lipinski definition) is 1. The molecule has 0 aromatic heterocycles. The van der Waals surface area contributed by atoms with E-state index in [4.69, 9.17) is 4.74 Å². The van der Waals surface area contributed by atoms with E-state index in [2.05, 4.69) is 4.99 Å². The normalized spacial score (nSPS) is 20.7. The standard InChI is InChI=1S/C17H15NO3/c19-17(20)15-14(11-12-7-3-1-4-8-12)18-16(21-15)13-9-5-2-6-10-13/h1-10,14-15H,11H2,(H,19,20)/t14-,15?/m0/s1. The molecule has 2 atom stereocenters. The van der Waals surface area contributed by atoms with Crippen molar-refractivity contribution in [3.63, 3.8) is 0 Å². The Labute approximate surface area is 122 Å². The van der Waals surface area contributed by atoms with Crippen molar-refractivity contribution in [2.24, 2.45) is 4.99 Å². The Hall–Kier alpha value is -2.62. The first-order valence-corrected chi connectivity index (χ1v) is 6.80. The Morgan fingerprint density at radius 2 is 1.67 bits per heavy atom. The highest BCUT2D eigenvalue weighted by Crippen LogP contribution is 2.21. The maximum absolute atomic E-state index is 11.4. The van der Waals surface area contributed by atoms with Gasteiger partial charge < -0.3 is 9.84 Å². The van der Waals surface area contributed by atoms with E-state index in [9.17, 15) is 9.90 Å². The summed E-state index contributed by atoms with van der Waals surface area (Å²) in [5, 5.41) is 9.33. The lowest BCUT2D eigenvalue weighted by molar-refractivity contribution is -0.145. The predicted molar refractivity (Wildman–Crippen MR) is 79.4 cm³/mol. The molecule has 1 heterocycles. The zero-order valence-corrected chi connectivity index (χ0v) is 11.3. The maximum atomic E-state index is 11.4. The van der Waals surface area contributed by atoms with Gasteiger partial charge in [0, 0.05) is 5.56 Å². The van der Waals surface area contributed by atoms with Crippen LogP contribution in [0.25, 0.3) is 0 Å². The zero-order chi connectivity index (χ0) is 14.7. The van der Waals surface area contributed by atoms with E-state index in [0.717, 1.165) is 11.1 Å². The predicted octanol–water partition coefficient (Wildman–Crippen LogP) is 2.53. The molecule has 1 unspecified atom stereocenters. The molecule has 0 fully saturated rings. The Bertz CT molecular complexity index is 652. The third kappa shape index (κ3) is 2.94. The first-order chi connectivity index (χ1) is 10.2. The summed E-state index contributed by atoms with van der Waals surface area (Å²) in [6.45, 7) is 0. The molecule has 3 rings (SSSR count). The number of aliphatic imine (C=N–C) groups is 1. The lowest BCUT2D eigenvalue weighted by Crippen LogP contribution is -2.32. The summed E-state index contributed by atoms with van der Waals surface area (Å²) < 4.78 is 5.54. The molecule has 106 valence electrons. The summed E-state index contributed by atoms with van der Waals surface area (Å²) >= 11 is 0. The fraction of sp³-hybridized carbons (Fsp3) is 0.176. The van der Waals surface area contributed by atoms with E-state index in [1.807, 2.05) is 60.7 Å². The maximum Gasteiger partial charge on any atom is 0.347 e. The number of nitrogens with zero attached hydrogens (tertiary/aromatic N) is 1. The van der Waals surface area contributed by atoms with Crippen LogP contribution in [0, 0.1) is 0 Å². The van der Waals surface area contributed by atoms with Crippen molar-refractivity contribution in [1.82, 2.24) is 0 Å². The highest BCUT2D eigenvalue weighted by Gasteiger charge is 2.37. The quantitative estimate of drug-likeness (QED) is 0.936. The van der Waals surface area contributed by atoms with Crippen LogP contribution in [0.5, 0.6) is 0 Å². The average molecular weight is 281 g/mol. The Morgan fingerprint density at radius 3 is 2.29 bits per heavy atom. The third-order valence-electron chi connectivity index (χ3n) is 3.42. The molecular formula is C17H15NO3. The van der Waals surface area contributed by atoms with Gasteiger partial charge in [0.2, 0.25) is 12.0 Å². The second-order valence-electron chi connectivity index (χ2n) is 4.93. The minimum absolute atomic E-state index is 0.403. The molecule has 1 aliphatic heterocycles. The highest BCUT2D eigenvalue weighted by molar-refractivity contribution is 5.97. The van der Waals surface area contributed by atoms with Crippen LogP contribution in [0.15, 0.2) is 65.7 Å². The molecule has 0 bridgehead atoms. The van der Waals surface area contributed by atoms with Gasteiger partial charge >= 0.3 is 5.97 Å². The molecule has 0 saturated heterocycles. The molecule has 0 spiro atoms. The van der Waals surface area contributed by atoms with E-state index in [1.54, 1.807) is 0 Å². The Balaban J connectivity index is 1.85. The zero-order valence-electron chi connectivity index (χ0n) is 11.3. The fourth-order valence-corrected chi connectivity index (χ4v) is 2.39. The first-order valence-electron chi connectivity index (χ1n) is 6.80. The molecule has 4 nitrogen and oxygen atoms in total. The van der Waals surface area contributed by atoms with Crippen LogP contribution in [0.4, 0.5) is 0 Å². The van der Waals surface area contributed by atoms with Crippen molar-refractivity contribution in [3.8, 4) is 0 Å². The summed E-state index contributed by atoms with van der Waals surface area (Å²) in [6.07, 6.45) is -0.380. The van der Waals surface area contributed by atoms with Crippen LogP contribution in [-0.2, 0) is 16.0 Å². The molecule has 0 amide bonds. The molecule has 0 saturated carbocycles. The number of benzene rings is 2. The summed E-state index contributed by atoms with van der Waals surface area (Å²) in [5.74, 6) is -0.574. The van der Waals surface area contributed by atoms with Crippen LogP contribution in [0.3, 0.4) is 0 Å². The lowest BCUT2D eigenvalue weighted by Gasteiger charge is -2.13. The smallest absolute Gasteiger partial charge is 0.347 e. The number of rotatable bonds is 4.